The van der Waals surface area contributed by atoms with Crippen molar-refractivity contribution < 1.29 is 9.90 Å². The molecule has 0 amide bonds. The molecule has 0 aliphatic rings. The van der Waals surface area contributed by atoms with Crippen LogP contribution in [0.1, 0.15) is 10.5 Å². The van der Waals surface area contributed by atoms with Gasteiger partial charge in [-0.1, -0.05) is 39.4 Å². The van der Waals surface area contributed by atoms with Crippen molar-refractivity contribution in [3.63, 3.8) is 0 Å². The van der Waals surface area contributed by atoms with Crippen molar-refractivity contribution in [2.24, 2.45) is 0 Å². The predicted octanol–water partition coefficient (Wildman–Crippen LogP) is 2.85. The molecule has 1 aromatic carbocycles. The Morgan fingerprint density at radius 2 is 2.25 bits per heavy atom. The molecule has 0 fully saturated rings. The number of benzene rings is 1. The number of rotatable bonds is 2. The van der Waals surface area contributed by atoms with E-state index in [1.807, 2.05) is 24.3 Å². The van der Waals surface area contributed by atoms with E-state index in [2.05, 4.69) is 20.9 Å². The number of thiazole rings is 1. The zero-order valence-electron chi connectivity index (χ0n) is 7.98. The maximum absolute atomic E-state index is 10.8. The standard InChI is InChI=1S/C10H7BrN2O2S/c11-6-3-1-2-5(4-6)9-13-7(10(14)15)8(12)16-9/h1-4H,12H2,(H,14,15). The van der Waals surface area contributed by atoms with Crippen LogP contribution in [0.15, 0.2) is 28.7 Å². The van der Waals surface area contributed by atoms with Crippen molar-refractivity contribution in [1.82, 2.24) is 4.98 Å². The normalized spacial score (nSPS) is 10.3. The summed E-state index contributed by atoms with van der Waals surface area (Å²) in [6.45, 7) is 0. The Hall–Kier alpha value is -1.40. The molecule has 2 aromatic rings. The van der Waals surface area contributed by atoms with E-state index in [-0.39, 0.29) is 10.7 Å². The summed E-state index contributed by atoms with van der Waals surface area (Å²) in [6, 6.07) is 7.47. The molecule has 6 heteroatoms. The second-order valence-corrected chi connectivity index (χ2v) is 4.99. The smallest absolute Gasteiger partial charge is 0.357 e. The summed E-state index contributed by atoms with van der Waals surface area (Å²) in [5.41, 5.74) is 6.34. The zero-order chi connectivity index (χ0) is 11.7. The fourth-order valence-corrected chi connectivity index (χ4v) is 2.45. The highest BCUT2D eigenvalue weighted by Crippen LogP contribution is 2.31. The number of nitrogens with zero attached hydrogens (tertiary/aromatic N) is 1. The second kappa shape index (κ2) is 4.23. The van der Waals surface area contributed by atoms with Crippen LogP contribution in [0.5, 0.6) is 0 Å². The Morgan fingerprint density at radius 3 is 2.81 bits per heavy atom. The minimum absolute atomic E-state index is 0.0834. The molecule has 0 aliphatic heterocycles. The van der Waals surface area contributed by atoms with Gasteiger partial charge in [-0.2, -0.15) is 0 Å². The summed E-state index contributed by atoms with van der Waals surface area (Å²) in [5, 5.41) is 9.67. The van der Waals surface area contributed by atoms with Crippen LogP contribution in [0.25, 0.3) is 10.6 Å². The van der Waals surface area contributed by atoms with Crippen LogP contribution in [0, 0.1) is 0 Å². The molecule has 0 saturated heterocycles. The lowest BCUT2D eigenvalue weighted by atomic mass is 10.2. The molecule has 2 rings (SSSR count). The van der Waals surface area contributed by atoms with Crippen LogP contribution in [0.2, 0.25) is 0 Å². The molecule has 1 heterocycles. The van der Waals surface area contributed by atoms with E-state index in [4.69, 9.17) is 10.8 Å². The molecule has 0 unspecified atom stereocenters. The minimum atomic E-state index is -1.10. The lowest BCUT2D eigenvalue weighted by Crippen LogP contribution is -2.00. The molecular formula is C10H7BrN2O2S. The molecule has 0 radical (unpaired) electrons. The lowest BCUT2D eigenvalue weighted by molar-refractivity contribution is 0.0692. The van der Waals surface area contributed by atoms with Gasteiger partial charge in [-0.3, -0.25) is 0 Å². The van der Waals surface area contributed by atoms with Gasteiger partial charge in [0.05, 0.1) is 0 Å². The summed E-state index contributed by atoms with van der Waals surface area (Å²) in [6.07, 6.45) is 0. The predicted molar refractivity (Wildman–Crippen MR) is 66.6 cm³/mol. The number of carboxylic acids is 1. The van der Waals surface area contributed by atoms with Crippen LogP contribution < -0.4 is 5.73 Å². The molecule has 16 heavy (non-hydrogen) atoms. The van der Waals surface area contributed by atoms with Gasteiger partial charge in [0.25, 0.3) is 0 Å². The molecule has 1 aromatic heterocycles. The van der Waals surface area contributed by atoms with Gasteiger partial charge >= 0.3 is 5.97 Å². The maximum atomic E-state index is 10.8. The molecule has 0 atom stereocenters. The van der Waals surface area contributed by atoms with Crippen molar-refractivity contribution in [3.8, 4) is 10.6 Å². The van der Waals surface area contributed by atoms with E-state index in [1.54, 1.807) is 0 Å². The second-order valence-electron chi connectivity index (χ2n) is 3.05. The third-order valence-corrected chi connectivity index (χ3v) is 3.35. The van der Waals surface area contributed by atoms with Crippen LogP contribution >= 0.6 is 27.3 Å². The van der Waals surface area contributed by atoms with E-state index in [9.17, 15) is 4.79 Å². The Balaban J connectivity index is 2.49. The zero-order valence-corrected chi connectivity index (χ0v) is 10.4. The van der Waals surface area contributed by atoms with Crippen LogP contribution in [-0.2, 0) is 0 Å². The van der Waals surface area contributed by atoms with E-state index in [1.165, 1.54) is 11.3 Å². The summed E-state index contributed by atoms with van der Waals surface area (Å²) >= 11 is 4.51. The van der Waals surface area contributed by atoms with Crippen LogP contribution in [-0.4, -0.2) is 16.1 Å². The number of aromatic nitrogens is 1. The molecule has 3 N–H and O–H groups in total. The SMILES string of the molecule is Nc1sc(-c2cccc(Br)c2)nc1C(=O)O. The number of hydrogen-bond acceptors (Lipinski definition) is 4. The van der Waals surface area contributed by atoms with Crippen LogP contribution in [0.4, 0.5) is 5.00 Å². The summed E-state index contributed by atoms with van der Waals surface area (Å²) < 4.78 is 0.913. The van der Waals surface area contributed by atoms with Crippen molar-refractivity contribution in [3.05, 3.63) is 34.4 Å². The van der Waals surface area contributed by atoms with Gasteiger partial charge in [0.1, 0.15) is 10.0 Å². The van der Waals surface area contributed by atoms with Gasteiger partial charge in [0.2, 0.25) is 0 Å². The van der Waals surface area contributed by atoms with Gasteiger partial charge in [-0.05, 0) is 12.1 Å². The quantitative estimate of drug-likeness (QED) is 0.894. The molecule has 0 spiro atoms. The Labute approximate surface area is 104 Å². The Morgan fingerprint density at radius 1 is 1.50 bits per heavy atom. The molecule has 4 nitrogen and oxygen atoms in total. The molecule has 0 saturated carbocycles. The number of nitrogen functional groups attached to an aromatic ring is 1. The summed E-state index contributed by atoms with van der Waals surface area (Å²) in [4.78, 5) is 14.8. The van der Waals surface area contributed by atoms with Gasteiger partial charge in [0.15, 0.2) is 5.69 Å². The average molecular weight is 299 g/mol. The first-order valence-corrected chi connectivity index (χ1v) is 5.94. The number of halogens is 1. The maximum Gasteiger partial charge on any atom is 0.357 e. The first-order valence-electron chi connectivity index (χ1n) is 4.33. The molecule has 82 valence electrons. The fourth-order valence-electron chi connectivity index (χ4n) is 1.23. The summed E-state index contributed by atoms with van der Waals surface area (Å²) in [7, 11) is 0. The summed E-state index contributed by atoms with van der Waals surface area (Å²) in [5.74, 6) is -1.10. The number of carbonyl (C=O) groups is 1. The van der Waals surface area contributed by atoms with Crippen molar-refractivity contribution in [1.29, 1.82) is 0 Å². The highest BCUT2D eigenvalue weighted by atomic mass is 79.9. The van der Waals surface area contributed by atoms with Gasteiger partial charge in [0, 0.05) is 10.0 Å². The highest BCUT2D eigenvalue weighted by Gasteiger charge is 2.15. The van der Waals surface area contributed by atoms with E-state index in [0.717, 1.165) is 10.0 Å². The Kier molecular flexibility index (Phi) is 2.93. The molecule has 0 bridgehead atoms. The van der Waals surface area contributed by atoms with Gasteiger partial charge in [-0.25, -0.2) is 9.78 Å². The van der Waals surface area contributed by atoms with Crippen molar-refractivity contribution >= 4 is 38.2 Å². The fraction of sp³-hybridized carbons (Fsp3) is 0. The molecular weight excluding hydrogens is 292 g/mol. The third kappa shape index (κ3) is 2.07. The minimum Gasteiger partial charge on any atom is -0.476 e. The number of carboxylic acid groups (broad SMARTS) is 1. The topological polar surface area (TPSA) is 76.2 Å². The Bertz CT molecular complexity index is 554. The number of nitrogens with two attached hydrogens (primary N) is 1. The van der Waals surface area contributed by atoms with E-state index in [0.29, 0.717) is 5.01 Å². The average Bonchev–Trinajstić information content (AvgIpc) is 2.60. The largest absolute Gasteiger partial charge is 0.476 e. The van der Waals surface area contributed by atoms with Crippen molar-refractivity contribution in [2.75, 3.05) is 5.73 Å². The first-order chi connectivity index (χ1) is 7.58. The van der Waals surface area contributed by atoms with Crippen LogP contribution in [0.3, 0.4) is 0 Å². The van der Waals surface area contributed by atoms with E-state index < -0.39 is 5.97 Å². The van der Waals surface area contributed by atoms with Gasteiger partial charge < -0.3 is 10.8 Å². The highest BCUT2D eigenvalue weighted by molar-refractivity contribution is 9.10. The number of hydrogen-bond donors (Lipinski definition) is 2. The number of aromatic carboxylic acids is 1. The van der Waals surface area contributed by atoms with Crippen molar-refractivity contribution in [2.45, 2.75) is 0 Å². The molecule has 0 aliphatic carbocycles. The van der Waals surface area contributed by atoms with Gasteiger partial charge in [-0.15, -0.1) is 0 Å². The third-order valence-electron chi connectivity index (χ3n) is 1.93. The monoisotopic (exact) mass is 298 g/mol. The number of anilines is 1. The lowest BCUT2D eigenvalue weighted by Gasteiger charge is -1.95. The first kappa shape index (κ1) is 11.1. The van der Waals surface area contributed by atoms with E-state index >= 15 is 0 Å².